The van der Waals surface area contributed by atoms with Crippen molar-refractivity contribution < 1.29 is 9.90 Å². The van der Waals surface area contributed by atoms with Crippen LogP contribution in [-0.4, -0.2) is 16.1 Å². The number of carboxylic acid groups (broad SMARTS) is 1. The highest BCUT2D eigenvalue weighted by molar-refractivity contribution is 6.36. The molecule has 0 radical (unpaired) electrons. The normalized spacial score (nSPS) is 10.2. The Bertz CT molecular complexity index is 584. The lowest BCUT2D eigenvalue weighted by atomic mass is 10.1. The Balaban J connectivity index is 2.53. The molecule has 0 spiro atoms. The van der Waals surface area contributed by atoms with Crippen LogP contribution < -0.4 is 0 Å². The first-order valence-electron chi connectivity index (χ1n) is 4.71. The van der Waals surface area contributed by atoms with Crippen LogP contribution in [0.4, 0.5) is 0 Å². The minimum atomic E-state index is -1.02. The molecule has 0 amide bonds. The lowest BCUT2D eigenvalue weighted by Gasteiger charge is -2.05. The van der Waals surface area contributed by atoms with Crippen molar-refractivity contribution in [3.63, 3.8) is 0 Å². The third-order valence-electron chi connectivity index (χ3n) is 2.23. The maximum absolute atomic E-state index is 10.8. The number of hydrogen-bond acceptors (Lipinski definition) is 2. The third-order valence-corrected chi connectivity index (χ3v) is 2.78. The molecular formula is C12H7Cl2NO2. The summed E-state index contributed by atoms with van der Waals surface area (Å²) in [6.45, 7) is 0. The van der Waals surface area contributed by atoms with Gasteiger partial charge in [0.15, 0.2) is 0 Å². The van der Waals surface area contributed by atoms with Gasteiger partial charge in [-0.25, -0.2) is 4.79 Å². The van der Waals surface area contributed by atoms with E-state index in [4.69, 9.17) is 28.3 Å². The molecule has 0 fully saturated rings. The van der Waals surface area contributed by atoms with E-state index in [9.17, 15) is 4.79 Å². The number of carboxylic acids is 1. The second-order valence-corrected chi connectivity index (χ2v) is 4.24. The van der Waals surface area contributed by atoms with E-state index in [2.05, 4.69) is 4.98 Å². The van der Waals surface area contributed by atoms with Crippen molar-refractivity contribution in [1.29, 1.82) is 0 Å². The van der Waals surface area contributed by atoms with Crippen molar-refractivity contribution in [2.45, 2.75) is 0 Å². The zero-order valence-electron chi connectivity index (χ0n) is 8.52. The fourth-order valence-electron chi connectivity index (χ4n) is 1.43. The van der Waals surface area contributed by atoms with Gasteiger partial charge < -0.3 is 5.11 Å². The summed E-state index contributed by atoms with van der Waals surface area (Å²) in [5.74, 6) is -1.02. The Morgan fingerprint density at radius 3 is 2.59 bits per heavy atom. The van der Waals surface area contributed by atoms with E-state index in [1.54, 1.807) is 24.4 Å². The molecule has 0 aliphatic rings. The van der Waals surface area contributed by atoms with Gasteiger partial charge in [-0.1, -0.05) is 29.3 Å². The van der Waals surface area contributed by atoms with Crippen LogP contribution in [0, 0.1) is 0 Å². The predicted molar refractivity (Wildman–Crippen MR) is 66.7 cm³/mol. The molecule has 0 saturated carbocycles. The van der Waals surface area contributed by atoms with Gasteiger partial charge in [-0.2, -0.15) is 0 Å². The molecule has 0 saturated heterocycles. The van der Waals surface area contributed by atoms with E-state index in [1.807, 2.05) is 0 Å². The van der Waals surface area contributed by atoms with E-state index in [0.717, 1.165) is 0 Å². The molecule has 1 N–H and O–H groups in total. The number of benzene rings is 1. The monoisotopic (exact) mass is 267 g/mol. The van der Waals surface area contributed by atoms with Gasteiger partial charge in [0, 0.05) is 33.6 Å². The molecule has 86 valence electrons. The van der Waals surface area contributed by atoms with Gasteiger partial charge in [0.05, 0.1) is 5.56 Å². The molecule has 17 heavy (non-hydrogen) atoms. The first-order valence-corrected chi connectivity index (χ1v) is 5.47. The summed E-state index contributed by atoms with van der Waals surface area (Å²) in [6.07, 6.45) is 2.84. The van der Waals surface area contributed by atoms with Crippen LogP contribution in [0.1, 0.15) is 10.4 Å². The SMILES string of the molecule is O=C(O)c1cncc(-c2ccc(Cl)cc2Cl)c1. The van der Waals surface area contributed by atoms with Crippen LogP contribution in [-0.2, 0) is 0 Å². The molecule has 0 atom stereocenters. The highest BCUT2D eigenvalue weighted by Gasteiger charge is 2.08. The van der Waals surface area contributed by atoms with Crippen LogP contribution in [0.2, 0.25) is 10.0 Å². The Morgan fingerprint density at radius 1 is 1.18 bits per heavy atom. The summed E-state index contributed by atoms with van der Waals surface area (Å²) in [5.41, 5.74) is 1.46. The Kier molecular flexibility index (Phi) is 3.31. The Morgan fingerprint density at radius 2 is 1.94 bits per heavy atom. The Labute approximate surface area is 108 Å². The standard InChI is InChI=1S/C12H7Cl2NO2/c13-9-1-2-10(11(14)4-9)7-3-8(12(16)17)6-15-5-7/h1-6H,(H,16,17). The molecule has 0 aliphatic heterocycles. The minimum absolute atomic E-state index is 0.119. The molecule has 2 rings (SSSR count). The van der Waals surface area contributed by atoms with E-state index >= 15 is 0 Å². The fourth-order valence-corrected chi connectivity index (χ4v) is 1.95. The van der Waals surface area contributed by atoms with Crippen LogP contribution in [0.15, 0.2) is 36.7 Å². The summed E-state index contributed by atoms with van der Waals surface area (Å²) in [5, 5.41) is 9.86. The highest BCUT2D eigenvalue weighted by atomic mass is 35.5. The lowest BCUT2D eigenvalue weighted by Crippen LogP contribution is -1.97. The number of carbonyl (C=O) groups is 1. The number of rotatable bonds is 2. The minimum Gasteiger partial charge on any atom is -0.478 e. The third kappa shape index (κ3) is 2.57. The molecule has 0 bridgehead atoms. The van der Waals surface area contributed by atoms with Crippen molar-refractivity contribution in [1.82, 2.24) is 4.98 Å². The van der Waals surface area contributed by atoms with Crippen LogP contribution >= 0.6 is 23.2 Å². The lowest BCUT2D eigenvalue weighted by molar-refractivity contribution is 0.0696. The number of pyridine rings is 1. The molecule has 1 aromatic carbocycles. The number of nitrogens with zero attached hydrogens (tertiary/aromatic N) is 1. The first kappa shape index (κ1) is 11.9. The molecule has 5 heteroatoms. The van der Waals surface area contributed by atoms with Gasteiger partial charge in [-0.05, 0) is 18.2 Å². The second-order valence-electron chi connectivity index (χ2n) is 3.39. The van der Waals surface area contributed by atoms with E-state index < -0.39 is 5.97 Å². The van der Waals surface area contributed by atoms with Gasteiger partial charge in [0.2, 0.25) is 0 Å². The molecule has 1 aromatic heterocycles. The molecule has 3 nitrogen and oxygen atoms in total. The molecule has 0 unspecified atom stereocenters. The first-order chi connectivity index (χ1) is 8.08. The zero-order chi connectivity index (χ0) is 12.4. The summed E-state index contributed by atoms with van der Waals surface area (Å²) in [7, 11) is 0. The van der Waals surface area contributed by atoms with Crippen molar-refractivity contribution >= 4 is 29.2 Å². The van der Waals surface area contributed by atoms with Crippen LogP contribution in [0.3, 0.4) is 0 Å². The molecule has 1 heterocycles. The summed E-state index contributed by atoms with van der Waals surface area (Å²) >= 11 is 11.8. The Hall–Kier alpha value is -1.58. The summed E-state index contributed by atoms with van der Waals surface area (Å²) < 4.78 is 0. The zero-order valence-corrected chi connectivity index (χ0v) is 10.0. The summed E-state index contributed by atoms with van der Waals surface area (Å²) in [4.78, 5) is 14.7. The highest BCUT2D eigenvalue weighted by Crippen LogP contribution is 2.30. The van der Waals surface area contributed by atoms with E-state index in [-0.39, 0.29) is 5.56 Å². The van der Waals surface area contributed by atoms with Crippen LogP contribution in [0.25, 0.3) is 11.1 Å². The van der Waals surface area contributed by atoms with Gasteiger partial charge in [-0.15, -0.1) is 0 Å². The number of aromatic carboxylic acids is 1. The maximum atomic E-state index is 10.8. The van der Waals surface area contributed by atoms with Crippen molar-refractivity contribution in [3.05, 3.63) is 52.3 Å². The average molecular weight is 268 g/mol. The van der Waals surface area contributed by atoms with Crippen molar-refractivity contribution in [3.8, 4) is 11.1 Å². The smallest absolute Gasteiger partial charge is 0.337 e. The van der Waals surface area contributed by atoms with Gasteiger partial charge in [-0.3, -0.25) is 4.98 Å². The molecule has 0 aliphatic carbocycles. The van der Waals surface area contributed by atoms with E-state index in [0.29, 0.717) is 21.2 Å². The number of hydrogen-bond donors (Lipinski definition) is 1. The largest absolute Gasteiger partial charge is 0.478 e. The molecule has 2 aromatic rings. The second kappa shape index (κ2) is 4.73. The van der Waals surface area contributed by atoms with Gasteiger partial charge >= 0.3 is 5.97 Å². The average Bonchev–Trinajstić information content (AvgIpc) is 2.29. The van der Waals surface area contributed by atoms with Gasteiger partial charge in [0.1, 0.15) is 0 Å². The number of aromatic nitrogens is 1. The van der Waals surface area contributed by atoms with Gasteiger partial charge in [0.25, 0.3) is 0 Å². The van der Waals surface area contributed by atoms with Crippen molar-refractivity contribution in [2.24, 2.45) is 0 Å². The fraction of sp³-hybridized carbons (Fsp3) is 0. The van der Waals surface area contributed by atoms with Crippen molar-refractivity contribution in [2.75, 3.05) is 0 Å². The van der Waals surface area contributed by atoms with E-state index in [1.165, 1.54) is 12.3 Å². The summed E-state index contributed by atoms with van der Waals surface area (Å²) in [6, 6.07) is 6.54. The number of halogens is 2. The molecular weight excluding hydrogens is 261 g/mol. The topological polar surface area (TPSA) is 50.2 Å². The quantitative estimate of drug-likeness (QED) is 0.902. The predicted octanol–water partition coefficient (Wildman–Crippen LogP) is 3.75. The van der Waals surface area contributed by atoms with Crippen LogP contribution in [0.5, 0.6) is 0 Å². The maximum Gasteiger partial charge on any atom is 0.337 e.